The van der Waals surface area contributed by atoms with Gasteiger partial charge < -0.3 is 5.11 Å². The smallest absolute Gasteiger partial charge is 0.303 e. The Morgan fingerprint density at radius 2 is 1.19 bits per heavy atom. The van der Waals surface area contributed by atoms with E-state index in [1.165, 1.54) is 70.6 Å². The molecule has 3 heteroatoms. The van der Waals surface area contributed by atoms with Crippen molar-refractivity contribution in [2.45, 2.75) is 96.8 Å². The van der Waals surface area contributed by atoms with Crippen molar-refractivity contribution in [1.29, 1.82) is 0 Å². The van der Waals surface area contributed by atoms with Gasteiger partial charge in [0, 0.05) is 28.8 Å². The first-order valence-corrected chi connectivity index (χ1v) is 8.64. The van der Waals surface area contributed by atoms with Gasteiger partial charge in [-0.2, -0.15) is 0 Å². The van der Waals surface area contributed by atoms with Crippen LogP contribution in [0.1, 0.15) is 96.8 Å². The number of aliphatic carboxylic acids is 1. The second-order valence-corrected chi connectivity index (χ2v) is 5.73. The molecule has 0 aromatic rings. The zero-order valence-electron chi connectivity index (χ0n) is 13.7. The summed E-state index contributed by atoms with van der Waals surface area (Å²) in [4.78, 5) is 10.3. The molecule has 1 N–H and O–H groups in total. The van der Waals surface area contributed by atoms with Gasteiger partial charge in [-0.25, -0.2) is 0 Å². The molecule has 2 nitrogen and oxygen atoms in total. The quantitative estimate of drug-likeness (QED) is 0.175. The third kappa shape index (κ3) is 22.4. The average molecular weight is 479 g/mol. The predicted octanol–water partition coefficient (Wildman–Crippen LogP) is 6.11. The summed E-state index contributed by atoms with van der Waals surface area (Å²) >= 11 is 0. The van der Waals surface area contributed by atoms with Gasteiger partial charge in [-0.15, -0.1) is 0 Å². The van der Waals surface area contributed by atoms with Crippen LogP contribution in [0, 0.1) is 0 Å². The molecule has 1 radical (unpaired) electrons. The van der Waals surface area contributed by atoms with Gasteiger partial charge in [0.25, 0.3) is 0 Å². The molecular weight excluding hydrogens is 445 g/mol. The molecule has 21 heavy (non-hydrogen) atoms. The van der Waals surface area contributed by atoms with Gasteiger partial charge in [-0.1, -0.05) is 70.4 Å². The molecule has 0 heterocycles. The molecule has 0 amide bonds. The first-order valence-electron chi connectivity index (χ1n) is 8.64. The van der Waals surface area contributed by atoms with Crippen LogP contribution in [0.5, 0.6) is 0 Å². The van der Waals surface area contributed by atoms with Crippen molar-refractivity contribution in [2.75, 3.05) is 0 Å². The minimum absolute atomic E-state index is 0. The Hall–Kier alpha value is -0.0497. The summed E-state index contributed by atoms with van der Waals surface area (Å²) in [5.41, 5.74) is 0. The fraction of sp³-hybridized carbons (Fsp3) is 0.833. The summed E-state index contributed by atoms with van der Waals surface area (Å²) in [5, 5.41) is 8.51. The second kappa shape index (κ2) is 20.0. The van der Waals surface area contributed by atoms with E-state index in [0.29, 0.717) is 6.42 Å². The number of hydrogen-bond donors (Lipinski definition) is 1. The van der Waals surface area contributed by atoms with Crippen LogP contribution < -0.4 is 0 Å². The van der Waals surface area contributed by atoms with Gasteiger partial charge >= 0.3 is 5.97 Å². The van der Waals surface area contributed by atoms with Crippen molar-refractivity contribution >= 4 is 5.97 Å². The monoisotopic (exact) mass is 479 g/mol. The molecule has 129 valence electrons. The molecule has 0 aromatic heterocycles. The van der Waals surface area contributed by atoms with E-state index in [9.17, 15) is 4.79 Å². The standard InChI is InChI=1S/C18H34O2.Au/c1-2-3-4-5-6-7-8-9-10-11-12-13-14-15-16-17-18(19)20;/h9-10H,2-8,11-17H2,1H3,(H,19,20);/b10-9-;. The van der Waals surface area contributed by atoms with Gasteiger partial charge in [0.2, 0.25) is 0 Å². The van der Waals surface area contributed by atoms with Crippen molar-refractivity contribution in [2.24, 2.45) is 0 Å². The normalized spacial score (nSPS) is 10.7. The molecule has 0 spiro atoms. The molecule has 0 rings (SSSR count). The maximum Gasteiger partial charge on any atom is 0.303 e. The number of hydrogen-bond acceptors (Lipinski definition) is 1. The van der Waals surface area contributed by atoms with E-state index in [4.69, 9.17) is 5.11 Å². The van der Waals surface area contributed by atoms with Crippen LogP contribution in [0.4, 0.5) is 0 Å². The minimum Gasteiger partial charge on any atom is -0.481 e. The summed E-state index contributed by atoms with van der Waals surface area (Å²) in [6, 6.07) is 0. The van der Waals surface area contributed by atoms with Crippen LogP contribution in [0.2, 0.25) is 0 Å². The number of carboxylic acids is 1. The fourth-order valence-corrected chi connectivity index (χ4v) is 2.35. The molecule has 0 saturated heterocycles. The molecule has 0 aliphatic heterocycles. The molecule has 0 fully saturated rings. The first-order chi connectivity index (χ1) is 9.77. The van der Waals surface area contributed by atoms with Crippen LogP contribution in [0.3, 0.4) is 0 Å². The summed E-state index contributed by atoms with van der Waals surface area (Å²) < 4.78 is 0. The van der Waals surface area contributed by atoms with Crippen molar-refractivity contribution in [3.05, 3.63) is 12.2 Å². The number of allylic oxidation sites excluding steroid dienone is 2. The van der Waals surface area contributed by atoms with Crippen LogP contribution in [0.15, 0.2) is 12.2 Å². The zero-order chi connectivity index (χ0) is 14.9. The zero-order valence-corrected chi connectivity index (χ0v) is 15.9. The number of carboxylic acid groups (broad SMARTS) is 1. The predicted molar refractivity (Wildman–Crippen MR) is 87.1 cm³/mol. The van der Waals surface area contributed by atoms with Gasteiger partial charge in [0.15, 0.2) is 0 Å². The van der Waals surface area contributed by atoms with E-state index in [1.54, 1.807) is 0 Å². The Morgan fingerprint density at radius 1 is 0.762 bits per heavy atom. The van der Waals surface area contributed by atoms with E-state index in [-0.39, 0.29) is 22.4 Å². The third-order valence-corrected chi connectivity index (χ3v) is 3.65. The van der Waals surface area contributed by atoms with Crippen molar-refractivity contribution in [3.8, 4) is 0 Å². The average Bonchev–Trinajstić information content (AvgIpc) is 2.43. The van der Waals surface area contributed by atoms with Crippen LogP contribution in [-0.2, 0) is 27.2 Å². The Kier molecular flexibility index (Phi) is 22.1. The maximum atomic E-state index is 10.3. The molecule has 0 aliphatic rings. The Labute approximate surface area is 147 Å². The van der Waals surface area contributed by atoms with E-state index in [0.717, 1.165) is 12.8 Å². The molecule has 0 bridgehead atoms. The third-order valence-electron chi connectivity index (χ3n) is 3.65. The maximum absolute atomic E-state index is 10.3. The van der Waals surface area contributed by atoms with Crippen molar-refractivity contribution < 1.29 is 32.3 Å². The molecule has 0 atom stereocenters. The largest absolute Gasteiger partial charge is 0.481 e. The van der Waals surface area contributed by atoms with Gasteiger partial charge in [0.05, 0.1) is 0 Å². The van der Waals surface area contributed by atoms with Crippen LogP contribution >= 0.6 is 0 Å². The molecule has 0 aromatic carbocycles. The van der Waals surface area contributed by atoms with E-state index < -0.39 is 5.97 Å². The van der Waals surface area contributed by atoms with Crippen LogP contribution in [-0.4, -0.2) is 11.1 Å². The topological polar surface area (TPSA) is 37.3 Å². The van der Waals surface area contributed by atoms with Gasteiger partial charge in [-0.05, 0) is 32.1 Å². The van der Waals surface area contributed by atoms with Gasteiger partial charge in [-0.3, -0.25) is 4.79 Å². The Bertz CT molecular complexity index is 239. The summed E-state index contributed by atoms with van der Waals surface area (Å²) in [7, 11) is 0. The van der Waals surface area contributed by atoms with E-state index in [1.807, 2.05) is 0 Å². The van der Waals surface area contributed by atoms with Crippen molar-refractivity contribution in [1.82, 2.24) is 0 Å². The SMILES string of the molecule is CCCCCCCC/C=C\CCCCCCCC(=O)O.[Au]. The summed E-state index contributed by atoms with van der Waals surface area (Å²) in [6.45, 7) is 2.26. The fourth-order valence-electron chi connectivity index (χ4n) is 2.35. The second-order valence-electron chi connectivity index (χ2n) is 5.73. The number of unbranched alkanes of at least 4 members (excludes halogenated alkanes) is 11. The molecule has 0 unspecified atom stereocenters. The van der Waals surface area contributed by atoms with E-state index in [2.05, 4.69) is 19.1 Å². The Balaban J connectivity index is 0. The molecule has 0 saturated carbocycles. The summed E-state index contributed by atoms with van der Waals surface area (Å²) in [6.07, 6.45) is 21.2. The first kappa shape index (κ1) is 23.2. The Morgan fingerprint density at radius 3 is 1.67 bits per heavy atom. The van der Waals surface area contributed by atoms with E-state index >= 15 is 0 Å². The number of rotatable bonds is 15. The van der Waals surface area contributed by atoms with Crippen molar-refractivity contribution in [3.63, 3.8) is 0 Å². The molecule has 0 aliphatic carbocycles. The molecular formula is C18H34AuO2. The number of carbonyl (C=O) groups is 1. The van der Waals surface area contributed by atoms with Crippen LogP contribution in [0.25, 0.3) is 0 Å². The van der Waals surface area contributed by atoms with Gasteiger partial charge in [0.1, 0.15) is 0 Å². The summed E-state index contributed by atoms with van der Waals surface area (Å²) in [5.74, 6) is -0.664. The minimum atomic E-state index is -0.664.